The van der Waals surface area contributed by atoms with Crippen molar-refractivity contribution in [1.29, 1.82) is 0 Å². The van der Waals surface area contributed by atoms with Crippen LogP contribution in [-0.4, -0.2) is 96.8 Å². The van der Waals surface area contributed by atoms with Crippen LogP contribution in [0.3, 0.4) is 0 Å². The molecule has 0 unspecified atom stereocenters. The van der Waals surface area contributed by atoms with Crippen LogP contribution in [0.1, 0.15) is 39.5 Å². The molecule has 0 saturated carbocycles. The molecular formula is C49H52O13. The van der Waals surface area contributed by atoms with Gasteiger partial charge >= 0.3 is 11.9 Å². The molecular weight excluding hydrogens is 797 g/mol. The van der Waals surface area contributed by atoms with Crippen molar-refractivity contribution in [2.75, 3.05) is 13.2 Å². The van der Waals surface area contributed by atoms with Gasteiger partial charge in [-0.05, 0) is 34.4 Å². The van der Waals surface area contributed by atoms with Crippen molar-refractivity contribution in [1.82, 2.24) is 0 Å². The number of rotatable bonds is 19. The van der Waals surface area contributed by atoms with E-state index in [1.165, 1.54) is 6.92 Å². The topological polar surface area (TPSA) is 158 Å². The number of carbonyl (C=O) groups is 2. The van der Waals surface area contributed by atoms with Crippen LogP contribution in [0.5, 0.6) is 0 Å². The third-order valence-electron chi connectivity index (χ3n) is 10.5. The van der Waals surface area contributed by atoms with Gasteiger partial charge in [0, 0.05) is 6.92 Å². The first-order valence-electron chi connectivity index (χ1n) is 20.6. The standard InChI is InChI=1S/C49H52O13/c1-33(51)59-44-41(54-28-34-17-7-2-8-18-34)39(27-50)61-49(46(44)62-47(52)38-25-15-6-16-26-38)58-32-40-42(55-29-35-19-9-3-10-20-35)43(56-30-36-21-11-4-12-22-36)45(48(53)60-40)57-31-37-23-13-5-14-24-37/h2-26,39-46,48-50,53H,27-32H2,1H3/t39-,40-,41-,42-,43+,44+,45-,46-,48-,49-/m1/s1. The molecule has 2 heterocycles. The van der Waals surface area contributed by atoms with E-state index in [1.54, 1.807) is 30.3 Å². The van der Waals surface area contributed by atoms with Gasteiger partial charge in [0.15, 0.2) is 24.8 Å². The first kappa shape index (κ1) is 44.7. The highest BCUT2D eigenvalue weighted by Gasteiger charge is 2.53. The molecule has 2 fully saturated rings. The van der Waals surface area contributed by atoms with Crippen LogP contribution in [0.2, 0.25) is 0 Å². The Morgan fingerprint density at radius 2 is 0.903 bits per heavy atom. The molecule has 62 heavy (non-hydrogen) atoms. The van der Waals surface area contributed by atoms with Crippen molar-refractivity contribution in [2.24, 2.45) is 0 Å². The summed E-state index contributed by atoms with van der Waals surface area (Å²) < 4.78 is 56.9. The zero-order chi connectivity index (χ0) is 43.1. The number of hydrogen-bond donors (Lipinski definition) is 2. The molecule has 0 aromatic heterocycles. The van der Waals surface area contributed by atoms with E-state index >= 15 is 0 Å². The summed E-state index contributed by atoms with van der Waals surface area (Å²) in [7, 11) is 0. The van der Waals surface area contributed by atoms with E-state index in [2.05, 4.69) is 0 Å². The van der Waals surface area contributed by atoms with Gasteiger partial charge in [-0.3, -0.25) is 4.79 Å². The van der Waals surface area contributed by atoms with E-state index < -0.39 is 80.0 Å². The summed E-state index contributed by atoms with van der Waals surface area (Å²) in [4.78, 5) is 26.4. The lowest BCUT2D eigenvalue weighted by atomic mass is 9.97. The predicted octanol–water partition coefficient (Wildman–Crippen LogP) is 5.94. The first-order chi connectivity index (χ1) is 30.4. The van der Waals surface area contributed by atoms with Crippen molar-refractivity contribution >= 4 is 11.9 Å². The number of carbonyl (C=O) groups excluding carboxylic acids is 2. The second-order valence-corrected chi connectivity index (χ2v) is 15.0. The summed E-state index contributed by atoms with van der Waals surface area (Å²) >= 11 is 0. The molecule has 0 bridgehead atoms. The fraction of sp³-hybridized carbons (Fsp3) is 0.347. The van der Waals surface area contributed by atoms with E-state index in [1.807, 2.05) is 121 Å². The molecule has 0 spiro atoms. The monoisotopic (exact) mass is 848 g/mol. The quantitative estimate of drug-likeness (QED) is 0.0943. The Hall–Kier alpha value is -5.32. The van der Waals surface area contributed by atoms with Crippen molar-refractivity contribution in [3.63, 3.8) is 0 Å². The average Bonchev–Trinajstić information content (AvgIpc) is 3.31. The smallest absolute Gasteiger partial charge is 0.338 e. The summed E-state index contributed by atoms with van der Waals surface area (Å²) in [5.74, 6) is -1.43. The number of aliphatic hydroxyl groups is 2. The van der Waals surface area contributed by atoms with Gasteiger partial charge in [-0.15, -0.1) is 0 Å². The van der Waals surface area contributed by atoms with Crippen LogP contribution in [0.4, 0.5) is 0 Å². The zero-order valence-electron chi connectivity index (χ0n) is 34.3. The van der Waals surface area contributed by atoms with E-state index in [-0.39, 0.29) is 38.6 Å². The Kier molecular flexibility index (Phi) is 16.4. The molecule has 2 N–H and O–H groups in total. The molecule has 2 aliphatic heterocycles. The van der Waals surface area contributed by atoms with Crippen LogP contribution >= 0.6 is 0 Å². The van der Waals surface area contributed by atoms with Crippen molar-refractivity contribution in [3.8, 4) is 0 Å². The Bertz CT molecular complexity index is 2080. The minimum atomic E-state index is -1.50. The van der Waals surface area contributed by atoms with Gasteiger partial charge in [-0.1, -0.05) is 140 Å². The lowest BCUT2D eigenvalue weighted by Crippen LogP contribution is -2.64. The maximum atomic E-state index is 13.7. The summed E-state index contributed by atoms with van der Waals surface area (Å²) in [5, 5.41) is 22.4. The molecule has 2 aliphatic rings. The summed E-state index contributed by atoms with van der Waals surface area (Å²) in [5.41, 5.74) is 3.69. The van der Waals surface area contributed by atoms with Gasteiger partial charge in [0.05, 0.1) is 45.2 Å². The van der Waals surface area contributed by atoms with Crippen molar-refractivity contribution < 1.29 is 62.4 Å². The number of hydrogen-bond acceptors (Lipinski definition) is 13. The zero-order valence-corrected chi connectivity index (χ0v) is 34.3. The van der Waals surface area contributed by atoms with Crippen LogP contribution < -0.4 is 0 Å². The maximum absolute atomic E-state index is 13.7. The highest BCUT2D eigenvalue weighted by Crippen LogP contribution is 2.34. The van der Waals surface area contributed by atoms with Crippen LogP contribution in [0.25, 0.3) is 0 Å². The molecule has 7 rings (SSSR count). The Balaban J connectivity index is 1.18. The first-order valence-corrected chi connectivity index (χ1v) is 20.6. The molecule has 2 saturated heterocycles. The molecule has 5 aromatic carbocycles. The molecule has 0 radical (unpaired) electrons. The highest BCUT2D eigenvalue weighted by atomic mass is 16.7. The molecule has 13 heteroatoms. The second-order valence-electron chi connectivity index (χ2n) is 15.0. The minimum absolute atomic E-state index is 0.0696. The summed E-state index contributed by atoms with van der Waals surface area (Å²) in [6, 6.07) is 46.3. The van der Waals surface area contributed by atoms with Gasteiger partial charge in [0.1, 0.15) is 36.6 Å². The number of benzene rings is 5. The molecule has 10 atom stereocenters. The Morgan fingerprint density at radius 1 is 0.484 bits per heavy atom. The van der Waals surface area contributed by atoms with Gasteiger partial charge in [-0.2, -0.15) is 0 Å². The fourth-order valence-corrected chi connectivity index (χ4v) is 7.43. The molecule has 0 aliphatic carbocycles. The second kappa shape index (κ2) is 22.7. The third kappa shape index (κ3) is 12.2. The van der Waals surface area contributed by atoms with Gasteiger partial charge in [-0.25, -0.2) is 4.79 Å². The molecule has 0 amide bonds. The highest BCUT2D eigenvalue weighted by molar-refractivity contribution is 5.89. The lowest BCUT2D eigenvalue weighted by molar-refractivity contribution is -0.340. The van der Waals surface area contributed by atoms with Crippen molar-refractivity contribution in [3.05, 3.63) is 179 Å². The third-order valence-corrected chi connectivity index (χ3v) is 10.5. The van der Waals surface area contributed by atoms with E-state index in [0.717, 1.165) is 22.3 Å². The lowest BCUT2D eigenvalue weighted by Gasteiger charge is -2.46. The fourth-order valence-electron chi connectivity index (χ4n) is 7.43. The van der Waals surface area contributed by atoms with E-state index in [0.29, 0.717) is 0 Å². The molecule has 5 aromatic rings. The summed E-state index contributed by atoms with van der Waals surface area (Å²) in [6.45, 7) is 0.892. The predicted molar refractivity (Wildman–Crippen MR) is 224 cm³/mol. The minimum Gasteiger partial charge on any atom is -0.455 e. The summed E-state index contributed by atoms with van der Waals surface area (Å²) in [6.07, 6.45) is -11.6. The largest absolute Gasteiger partial charge is 0.455 e. The van der Waals surface area contributed by atoms with E-state index in [9.17, 15) is 19.8 Å². The average molecular weight is 849 g/mol. The van der Waals surface area contributed by atoms with E-state index in [4.69, 9.17) is 42.6 Å². The van der Waals surface area contributed by atoms with Gasteiger partial charge < -0.3 is 52.8 Å². The Labute approximate surface area is 361 Å². The van der Waals surface area contributed by atoms with Crippen LogP contribution in [0.15, 0.2) is 152 Å². The van der Waals surface area contributed by atoms with Gasteiger partial charge in [0.25, 0.3) is 0 Å². The normalized spacial score (nSPS) is 26.0. The number of ether oxygens (including phenoxy) is 9. The maximum Gasteiger partial charge on any atom is 0.338 e. The number of aliphatic hydroxyl groups excluding tert-OH is 2. The SMILES string of the molecule is CC(=O)O[C@@H]1[C@@H](OC(=O)c2ccccc2)[C@H](OC[C@H]2O[C@@H](O)[C@H](OCc3ccccc3)[C@@H](OCc3ccccc3)[C@@H]2OCc2ccccc2)O[C@H](CO)[C@H]1OCc1ccccc1. The van der Waals surface area contributed by atoms with Crippen LogP contribution in [-0.2, 0) is 73.9 Å². The van der Waals surface area contributed by atoms with Crippen LogP contribution in [0, 0.1) is 0 Å². The van der Waals surface area contributed by atoms with Crippen molar-refractivity contribution in [2.45, 2.75) is 94.8 Å². The molecule has 326 valence electrons. The van der Waals surface area contributed by atoms with Gasteiger partial charge in [0.2, 0.25) is 0 Å². The number of esters is 2. The molecule has 13 nitrogen and oxygen atoms in total. The Morgan fingerprint density at radius 3 is 1.35 bits per heavy atom.